The number of pyridine rings is 1. The Labute approximate surface area is 312 Å². The average molecular weight is 844 g/mol. The standard InChI is InChI=1S/C44H48N4O.Pt/c1-26(2)32-19-20-45-41(23-32)47-39-16-11-10-15-37(39)38-18-17-35(25-40(38)47)49-36-22-33(27(3)4)21-34(24-36)48-44(28(5)6)43(31(9)46-48)42-29(7)13-12-14-30(42)8;/h10-11,13,15-23,26-28,30,42H,12,14H2,1-9H3;/q-2;+2/t30-,42?;/m0./s1. The number of hydrogen-bond donors (Lipinski definition) is 0. The minimum Gasteiger partial charge on any atom is -0.509 e. The third-order valence-corrected chi connectivity index (χ3v) is 10.3. The largest absolute Gasteiger partial charge is 2.00 e. The van der Waals surface area contributed by atoms with Gasteiger partial charge in [0.15, 0.2) is 0 Å². The van der Waals surface area contributed by atoms with Gasteiger partial charge in [0.1, 0.15) is 5.82 Å². The van der Waals surface area contributed by atoms with E-state index in [-0.39, 0.29) is 21.1 Å². The van der Waals surface area contributed by atoms with Crippen molar-refractivity contribution in [1.29, 1.82) is 0 Å². The molecule has 2 atom stereocenters. The predicted molar refractivity (Wildman–Crippen MR) is 202 cm³/mol. The van der Waals surface area contributed by atoms with Gasteiger partial charge < -0.3 is 9.30 Å². The number of aromatic nitrogens is 4. The van der Waals surface area contributed by atoms with E-state index in [2.05, 4.69) is 144 Å². The van der Waals surface area contributed by atoms with E-state index in [0.717, 1.165) is 45.4 Å². The monoisotopic (exact) mass is 843 g/mol. The molecule has 3 aromatic carbocycles. The SMILES string of the molecule is CC1=CCC[C@H](C)C1c1c(C)nn(-c2[c-]c(Oc3[c-]c4c(cc3)c3ccccc3n4-c3cc(C(C)C)ccn3)cc(C(C)C)c2)c1C(C)C.[Pt+2]. The number of para-hydroxylation sites is 1. The Balaban J connectivity index is 0.00000432. The van der Waals surface area contributed by atoms with Gasteiger partial charge >= 0.3 is 21.1 Å². The van der Waals surface area contributed by atoms with Crippen LogP contribution < -0.4 is 4.74 Å². The molecule has 0 saturated heterocycles. The van der Waals surface area contributed by atoms with E-state index in [0.29, 0.717) is 41.1 Å². The molecule has 6 heteroatoms. The fraction of sp³-hybridized carbons (Fsp3) is 0.364. The van der Waals surface area contributed by atoms with Crippen LogP contribution in [0.4, 0.5) is 0 Å². The molecule has 6 aromatic rings. The summed E-state index contributed by atoms with van der Waals surface area (Å²) in [6.07, 6.45) is 6.69. The van der Waals surface area contributed by atoms with Crippen molar-refractivity contribution in [2.75, 3.05) is 0 Å². The fourth-order valence-electron chi connectivity index (χ4n) is 7.77. The zero-order chi connectivity index (χ0) is 34.6. The molecule has 0 fully saturated rings. The van der Waals surface area contributed by atoms with Crippen LogP contribution in [0.3, 0.4) is 0 Å². The predicted octanol–water partition coefficient (Wildman–Crippen LogP) is 11.9. The molecular formula is C44H48N4OPt. The molecule has 0 aliphatic heterocycles. The van der Waals surface area contributed by atoms with Crippen molar-refractivity contribution in [2.24, 2.45) is 5.92 Å². The summed E-state index contributed by atoms with van der Waals surface area (Å²) < 4.78 is 11.0. The Morgan fingerprint density at radius 3 is 2.30 bits per heavy atom. The van der Waals surface area contributed by atoms with Crippen LogP contribution >= 0.6 is 0 Å². The van der Waals surface area contributed by atoms with Gasteiger partial charge in [-0.2, -0.15) is 11.2 Å². The maximum absolute atomic E-state index is 6.68. The molecule has 0 amide bonds. The van der Waals surface area contributed by atoms with Gasteiger partial charge in [0.2, 0.25) is 0 Å². The van der Waals surface area contributed by atoms with Crippen molar-refractivity contribution in [3.8, 4) is 23.0 Å². The van der Waals surface area contributed by atoms with Gasteiger partial charge in [-0.05, 0) is 85.2 Å². The molecular weight excluding hydrogens is 796 g/mol. The summed E-state index contributed by atoms with van der Waals surface area (Å²) in [5.41, 5.74) is 10.6. The van der Waals surface area contributed by atoms with Gasteiger partial charge in [0, 0.05) is 40.4 Å². The van der Waals surface area contributed by atoms with Gasteiger partial charge in [-0.25, -0.2) is 4.98 Å². The fourth-order valence-corrected chi connectivity index (χ4v) is 7.77. The summed E-state index contributed by atoms with van der Waals surface area (Å²) in [4.78, 5) is 4.81. The molecule has 0 N–H and O–H groups in total. The van der Waals surface area contributed by atoms with Crippen LogP contribution in [0.1, 0.15) is 120 Å². The molecule has 0 bridgehead atoms. The molecule has 7 rings (SSSR count). The van der Waals surface area contributed by atoms with E-state index < -0.39 is 0 Å². The van der Waals surface area contributed by atoms with Crippen molar-refractivity contribution in [3.63, 3.8) is 0 Å². The van der Waals surface area contributed by atoms with E-state index >= 15 is 0 Å². The van der Waals surface area contributed by atoms with E-state index in [1.54, 1.807) is 0 Å². The van der Waals surface area contributed by atoms with E-state index in [4.69, 9.17) is 14.8 Å². The number of nitrogens with zero attached hydrogens (tertiary/aromatic N) is 4. The Hall–Kier alpha value is -3.95. The molecule has 50 heavy (non-hydrogen) atoms. The number of rotatable bonds is 8. The third kappa shape index (κ3) is 6.50. The summed E-state index contributed by atoms with van der Waals surface area (Å²) in [5, 5.41) is 7.49. The van der Waals surface area contributed by atoms with Crippen molar-refractivity contribution in [2.45, 2.75) is 98.8 Å². The summed E-state index contributed by atoms with van der Waals surface area (Å²) in [7, 11) is 0. The van der Waals surface area contributed by atoms with Gasteiger partial charge in [0.25, 0.3) is 0 Å². The number of ether oxygens (including phenoxy) is 1. The van der Waals surface area contributed by atoms with Crippen molar-refractivity contribution in [1.82, 2.24) is 19.3 Å². The van der Waals surface area contributed by atoms with Crippen LogP contribution in [0.2, 0.25) is 0 Å². The van der Waals surface area contributed by atoms with Gasteiger partial charge in [-0.3, -0.25) is 4.68 Å². The molecule has 260 valence electrons. The minimum absolute atomic E-state index is 0. The van der Waals surface area contributed by atoms with Crippen molar-refractivity contribution in [3.05, 3.63) is 119 Å². The number of fused-ring (bicyclic) bond motifs is 3. The average Bonchev–Trinajstić information content (AvgIpc) is 3.59. The topological polar surface area (TPSA) is 44.9 Å². The van der Waals surface area contributed by atoms with E-state index in [1.807, 2.05) is 12.3 Å². The van der Waals surface area contributed by atoms with Crippen LogP contribution in [0.15, 0.2) is 78.5 Å². The molecule has 3 aromatic heterocycles. The molecule has 5 nitrogen and oxygen atoms in total. The van der Waals surface area contributed by atoms with Gasteiger partial charge in [-0.1, -0.05) is 83.8 Å². The number of aryl methyl sites for hydroxylation is 1. The van der Waals surface area contributed by atoms with Gasteiger partial charge in [-0.15, -0.1) is 41.3 Å². The van der Waals surface area contributed by atoms with Crippen molar-refractivity contribution >= 4 is 21.8 Å². The summed E-state index contributed by atoms with van der Waals surface area (Å²) in [6, 6.07) is 28.5. The summed E-state index contributed by atoms with van der Waals surface area (Å²) in [5.74, 6) is 4.12. The second kappa shape index (κ2) is 14.3. The molecule has 3 heterocycles. The Kier molecular flexibility index (Phi) is 10.3. The van der Waals surface area contributed by atoms with Crippen molar-refractivity contribution < 1.29 is 25.8 Å². The first-order valence-electron chi connectivity index (χ1n) is 17.9. The molecule has 1 unspecified atom stereocenters. The third-order valence-electron chi connectivity index (χ3n) is 10.3. The molecule has 0 radical (unpaired) electrons. The number of hydrogen-bond acceptors (Lipinski definition) is 3. The van der Waals surface area contributed by atoms with Crippen LogP contribution in [0.5, 0.6) is 11.5 Å². The van der Waals surface area contributed by atoms with E-state index in [1.165, 1.54) is 34.4 Å². The molecule has 0 saturated carbocycles. The summed E-state index contributed by atoms with van der Waals surface area (Å²) >= 11 is 0. The van der Waals surface area contributed by atoms with Crippen LogP contribution in [0, 0.1) is 25.0 Å². The zero-order valence-electron chi connectivity index (χ0n) is 30.7. The maximum Gasteiger partial charge on any atom is 2.00 e. The summed E-state index contributed by atoms with van der Waals surface area (Å²) in [6.45, 7) is 20.3. The Morgan fingerprint density at radius 1 is 0.820 bits per heavy atom. The quantitative estimate of drug-likeness (QED) is 0.113. The van der Waals surface area contributed by atoms with E-state index in [9.17, 15) is 0 Å². The zero-order valence-corrected chi connectivity index (χ0v) is 33.0. The smallest absolute Gasteiger partial charge is 0.509 e. The Bertz CT molecular complexity index is 2200. The molecule has 1 aliphatic rings. The number of allylic oxidation sites excluding steroid dienone is 2. The van der Waals surface area contributed by atoms with Crippen LogP contribution in [0.25, 0.3) is 33.3 Å². The first kappa shape index (κ1) is 35.9. The second-order valence-corrected chi connectivity index (χ2v) is 14.9. The first-order valence-corrected chi connectivity index (χ1v) is 17.9. The van der Waals surface area contributed by atoms with Crippen LogP contribution in [-0.4, -0.2) is 19.3 Å². The Morgan fingerprint density at radius 2 is 1.58 bits per heavy atom. The van der Waals surface area contributed by atoms with Gasteiger partial charge in [0.05, 0.1) is 5.69 Å². The number of benzene rings is 3. The molecule has 1 aliphatic carbocycles. The molecule has 0 spiro atoms. The second-order valence-electron chi connectivity index (χ2n) is 14.9. The minimum atomic E-state index is 0. The van der Waals surface area contributed by atoms with Crippen LogP contribution in [-0.2, 0) is 21.1 Å². The maximum atomic E-state index is 6.68. The first-order chi connectivity index (χ1) is 23.5. The normalized spacial score (nSPS) is 16.4.